The first-order chi connectivity index (χ1) is 14.6. The van der Waals surface area contributed by atoms with Crippen LogP contribution in [0.4, 0.5) is 4.79 Å². The summed E-state index contributed by atoms with van der Waals surface area (Å²) >= 11 is 0. The Hall–Kier alpha value is -3.14. The SMILES string of the molecule is CC(=O)NCCOC(=O)C(O)CN(CC(C)C)C(=O)N[C@@H](Cc1ccccc1)C(=O)O. The Bertz CT molecular complexity index is 740. The van der Waals surface area contributed by atoms with Gasteiger partial charge in [0.25, 0.3) is 0 Å². The van der Waals surface area contributed by atoms with Gasteiger partial charge >= 0.3 is 18.0 Å². The third-order valence-corrected chi connectivity index (χ3v) is 4.14. The van der Waals surface area contributed by atoms with E-state index in [-0.39, 0.29) is 44.5 Å². The quantitative estimate of drug-likeness (QED) is 0.273. The molecule has 0 spiro atoms. The fourth-order valence-corrected chi connectivity index (χ4v) is 2.73. The number of benzene rings is 1. The smallest absolute Gasteiger partial charge is 0.336 e. The second kappa shape index (κ2) is 13.2. The van der Waals surface area contributed by atoms with E-state index in [4.69, 9.17) is 4.74 Å². The van der Waals surface area contributed by atoms with Crippen molar-refractivity contribution in [2.24, 2.45) is 5.92 Å². The molecule has 3 amide bonds. The Morgan fingerprint density at radius 2 is 1.74 bits per heavy atom. The lowest BCUT2D eigenvalue weighted by Gasteiger charge is -2.28. The molecule has 1 aromatic carbocycles. The maximum atomic E-state index is 12.7. The Kier molecular flexibility index (Phi) is 11.0. The molecule has 4 N–H and O–H groups in total. The number of carbonyl (C=O) groups excluding carboxylic acids is 3. The molecule has 1 aromatic rings. The number of rotatable bonds is 12. The molecule has 0 saturated heterocycles. The van der Waals surface area contributed by atoms with Crippen LogP contribution in [0.25, 0.3) is 0 Å². The standard InChI is InChI=1S/C21H31N3O7/c1-14(2)12-24(13-18(26)20(29)31-10-9-22-15(3)25)21(30)23-17(19(27)28)11-16-7-5-4-6-8-16/h4-8,14,17-18,26H,9-13H2,1-3H3,(H,22,25)(H,23,30)(H,27,28)/t17-,18?/m0/s1. The van der Waals surface area contributed by atoms with Gasteiger partial charge in [-0.15, -0.1) is 0 Å². The molecule has 0 fully saturated rings. The maximum Gasteiger partial charge on any atom is 0.336 e. The van der Waals surface area contributed by atoms with Crippen LogP contribution in [0.3, 0.4) is 0 Å². The molecule has 0 radical (unpaired) electrons. The number of nitrogens with zero attached hydrogens (tertiary/aromatic N) is 1. The summed E-state index contributed by atoms with van der Waals surface area (Å²) in [4.78, 5) is 48.3. The number of carbonyl (C=O) groups is 4. The molecule has 0 aliphatic rings. The first-order valence-corrected chi connectivity index (χ1v) is 10.0. The minimum Gasteiger partial charge on any atom is -0.480 e. The Morgan fingerprint density at radius 3 is 2.29 bits per heavy atom. The lowest BCUT2D eigenvalue weighted by atomic mass is 10.1. The van der Waals surface area contributed by atoms with Crippen molar-refractivity contribution < 1.29 is 34.1 Å². The highest BCUT2D eigenvalue weighted by atomic mass is 16.5. The van der Waals surface area contributed by atoms with E-state index in [9.17, 15) is 29.4 Å². The predicted octanol–water partition coefficient (Wildman–Crippen LogP) is 0.390. The summed E-state index contributed by atoms with van der Waals surface area (Å²) in [6, 6.07) is 6.99. The highest BCUT2D eigenvalue weighted by molar-refractivity contribution is 5.83. The number of esters is 1. The fraction of sp³-hybridized carbons (Fsp3) is 0.524. The molecule has 0 saturated carbocycles. The summed E-state index contributed by atoms with van der Waals surface area (Å²) in [5.41, 5.74) is 0.744. The molecule has 0 aliphatic heterocycles. The first kappa shape index (κ1) is 25.9. The molecular formula is C21H31N3O7. The van der Waals surface area contributed by atoms with Gasteiger partial charge in [0.2, 0.25) is 5.91 Å². The van der Waals surface area contributed by atoms with Crippen LogP contribution in [-0.4, -0.2) is 77.4 Å². The summed E-state index contributed by atoms with van der Waals surface area (Å²) in [7, 11) is 0. The second-order valence-corrected chi connectivity index (χ2v) is 7.50. The summed E-state index contributed by atoms with van der Waals surface area (Å²) < 4.78 is 4.88. The number of aliphatic hydroxyl groups is 1. The van der Waals surface area contributed by atoms with Crippen LogP contribution in [0.5, 0.6) is 0 Å². The zero-order chi connectivity index (χ0) is 23.4. The van der Waals surface area contributed by atoms with Crippen molar-refractivity contribution in [2.75, 3.05) is 26.2 Å². The number of carboxylic acid groups (broad SMARTS) is 1. The van der Waals surface area contributed by atoms with Crippen LogP contribution < -0.4 is 10.6 Å². The molecule has 0 bridgehead atoms. The molecule has 0 heterocycles. The van der Waals surface area contributed by atoms with E-state index in [1.165, 1.54) is 11.8 Å². The highest BCUT2D eigenvalue weighted by Crippen LogP contribution is 2.07. The number of aliphatic carboxylic acids is 1. The normalized spacial score (nSPS) is 12.5. The van der Waals surface area contributed by atoms with Gasteiger partial charge in [-0.05, 0) is 11.5 Å². The fourth-order valence-electron chi connectivity index (χ4n) is 2.73. The van der Waals surface area contributed by atoms with Gasteiger partial charge in [0.1, 0.15) is 12.6 Å². The number of urea groups is 1. The average molecular weight is 437 g/mol. The number of amides is 3. The third kappa shape index (κ3) is 10.4. The average Bonchev–Trinajstić information content (AvgIpc) is 2.70. The minimum atomic E-state index is -1.61. The molecule has 1 unspecified atom stereocenters. The number of nitrogens with one attached hydrogen (secondary N) is 2. The van der Waals surface area contributed by atoms with Gasteiger partial charge in [-0.25, -0.2) is 14.4 Å². The summed E-state index contributed by atoms with van der Waals surface area (Å²) in [6.07, 6.45) is -1.52. The molecule has 10 nitrogen and oxygen atoms in total. The van der Waals surface area contributed by atoms with Crippen molar-refractivity contribution in [3.63, 3.8) is 0 Å². The molecule has 10 heteroatoms. The second-order valence-electron chi connectivity index (χ2n) is 7.50. The van der Waals surface area contributed by atoms with Gasteiger partial charge < -0.3 is 30.5 Å². The van der Waals surface area contributed by atoms with Crippen LogP contribution in [0.1, 0.15) is 26.3 Å². The third-order valence-electron chi connectivity index (χ3n) is 4.14. The van der Waals surface area contributed by atoms with Crippen molar-refractivity contribution in [3.05, 3.63) is 35.9 Å². The Morgan fingerprint density at radius 1 is 1.10 bits per heavy atom. The minimum absolute atomic E-state index is 0.00568. The van der Waals surface area contributed by atoms with E-state index in [0.717, 1.165) is 5.56 Å². The largest absolute Gasteiger partial charge is 0.480 e. The van der Waals surface area contributed by atoms with Crippen LogP contribution in [-0.2, 0) is 25.5 Å². The molecule has 172 valence electrons. The van der Waals surface area contributed by atoms with Gasteiger partial charge in [-0.1, -0.05) is 44.2 Å². The summed E-state index contributed by atoms with van der Waals surface area (Å²) in [5.74, 6) is -2.41. The topological polar surface area (TPSA) is 145 Å². The zero-order valence-corrected chi connectivity index (χ0v) is 18.0. The number of carboxylic acids is 1. The van der Waals surface area contributed by atoms with E-state index in [1.54, 1.807) is 30.3 Å². The van der Waals surface area contributed by atoms with Crippen molar-refractivity contribution in [2.45, 2.75) is 39.3 Å². The van der Waals surface area contributed by atoms with Gasteiger partial charge in [-0.3, -0.25) is 4.79 Å². The number of aliphatic hydroxyl groups excluding tert-OH is 1. The lowest BCUT2D eigenvalue weighted by Crippen LogP contribution is -2.52. The van der Waals surface area contributed by atoms with Gasteiger partial charge in [0.15, 0.2) is 6.10 Å². The maximum absolute atomic E-state index is 12.7. The summed E-state index contributed by atoms with van der Waals surface area (Å²) in [5, 5.41) is 24.5. The Labute approximate surface area is 181 Å². The molecule has 1 rings (SSSR count). The van der Waals surface area contributed by atoms with E-state index in [1.807, 2.05) is 13.8 Å². The molecular weight excluding hydrogens is 406 g/mol. The number of hydrogen-bond donors (Lipinski definition) is 4. The number of ether oxygens (including phenoxy) is 1. The number of hydrogen-bond acceptors (Lipinski definition) is 6. The van der Waals surface area contributed by atoms with Gasteiger partial charge in [-0.2, -0.15) is 0 Å². The highest BCUT2D eigenvalue weighted by Gasteiger charge is 2.28. The monoisotopic (exact) mass is 437 g/mol. The van der Waals surface area contributed by atoms with E-state index >= 15 is 0 Å². The Balaban J connectivity index is 2.72. The van der Waals surface area contributed by atoms with E-state index in [0.29, 0.717) is 0 Å². The van der Waals surface area contributed by atoms with Crippen molar-refractivity contribution in [1.82, 2.24) is 15.5 Å². The lowest BCUT2D eigenvalue weighted by molar-refractivity contribution is -0.154. The van der Waals surface area contributed by atoms with Crippen molar-refractivity contribution >= 4 is 23.9 Å². The zero-order valence-electron chi connectivity index (χ0n) is 18.0. The van der Waals surface area contributed by atoms with E-state index in [2.05, 4.69) is 10.6 Å². The van der Waals surface area contributed by atoms with Crippen LogP contribution in [0, 0.1) is 5.92 Å². The molecule has 0 aromatic heterocycles. The predicted molar refractivity (Wildman–Crippen MR) is 112 cm³/mol. The van der Waals surface area contributed by atoms with Crippen LogP contribution in [0.2, 0.25) is 0 Å². The van der Waals surface area contributed by atoms with E-state index < -0.39 is 30.1 Å². The van der Waals surface area contributed by atoms with Crippen LogP contribution in [0.15, 0.2) is 30.3 Å². The summed E-state index contributed by atoms with van der Waals surface area (Å²) in [6.45, 7) is 4.82. The van der Waals surface area contributed by atoms with Crippen molar-refractivity contribution in [1.29, 1.82) is 0 Å². The van der Waals surface area contributed by atoms with Gasteiger partial charge in [0, 0.05) is 19.9 Å². The van der Waals surface area contributed by atoms with Crippen molar-refractivity contribution in [3.8, 4) is 0 Å². The first-order valence-electron chi connectivity index (χ1n) is 10.0. The molecule has 31 heavy (non-hydrogen) atoms. The molecule has 2 atom stereocenters. The molecule has 0 aliphatic carbocycles. The van der Waals surface area contributed by atoms with Crippen LogP contribution >= 0.6 is 0 Å². The van der Waals surface area contributed by atoms with Gasteiger partial charge in [0.05, 0.1) is 13.1 Å².